The fourth-order valence-electron chi connectivity index (χ4n) is 6.63. The van der Waals surface area contributed by atoms with Crippen LogP contribution < -0.4 is 0 Å². The van der Waals surface area contributed by atoms with E-state index in [1.807, 2.05) is 0 Å². The molecule has 0 rings (SSSR count). The Balaban J connectivity index is 4.09. The van der Waals surface area contributed by atoms with Gasteiger partial charge in [-0.15, -0.1) is 0 Å². The Morgan fingerprint density at radius 2 is 0.641 bits per heavy atom. The number of carbonyl (C=O) groups excluding carboxylic acids is 3. The summed E-state index contributed by atoms with van der Waals surface area (Å²) in [5, 5.41) is 0. The molecule has 6 heteroatoms. The van der Waals surface area contributed by atoms with Crippen LogP contribution in [0.25, 0.3) is 0 Å². The summed E-state index contributed by atoms with van der Waals surface area (Å²) in [6.07, 6.45) is 69.8. The lowest BCUT2D eigenvalue weighted by molar-refractivity contribution is -0.167. The molecule has 0 aromatic rings. The summed E-state index contributed by atoms with van der Waals surface area (Å²) in [5.74, 6) is -0.937. The van der Waals surface area contributed by atoms with E-state index in [4.69, 9.17) is 14.2 Å². The minimum atomic E-state index is -0.784. The maximum absolute atomic E-state index is 12.6. The van der Waals surface area contributed by atoms with E-state index >= 15 is 0 Å². The summed E-state index contributed by atoms with van der Waals surface area (Å²) < 4.78 is 16.6. The first-order chi connectivity index (χ1) is 31.5. The van der Waals surface area contributed by atoms with Crippen molar-refractivity contribution in [2.75, 3.05) is 13.2 Å². The van der Waals surface area contributed by atoms with E-state index in [-0.39, 0.29) is 31.1 Å². The average Bonchev–Trinajstić information content (AvgIpc) is 3.29. The van der Waals surface area contributed by atoms with Crippen LogP contribution in [0.3, 0.4) is 0 Å². The molecular formula is C58H94O6. The molecule has 0 aliphatic heterocycles. The molecule has 0 spiro atoms. The molecule has 0 heterocycles. The van der Waals surface area contributed by atoms with E-state index in [2.05, 4.69) is 130 Å². The van der Waals surface area contributed by atoms with Crippen LogP contribution in [-0.2, 0) is 28.6 Å². The van der Waals surface area contributed by atoms with Crippen LogP contribution >= 0.6 is 0 Å². The molecule has 0 saturated heterocycles. The lowest BCUT2D eigenvalue weighted by atomic mass is 10.1. The molecule has 1 unspecified atom stereocenters. The van der Waals surface area contributed by atoms with Gasteiger partial charge in [0.05, 0.1) is 0 Å². The number of carbonyl (C=O) groups is 3. The lowest BCUT2D eigenvalue weighted by Crippen LogP contribution is -2.30. The first kappa shape index (κ1) is 60.1. The normalized spacial score (nSPS) is 13.0. The van der Waals surface area contributed by atoms with Crippen molar-refractivity contribution in [3.8, 4) is 0 Å². The Bertz CT molecular complexity index is 1340. The predicted molar refractivity (Wildman–Crippen MR) is 274 cm³/mol. The van der Waals surface area contributed by atoms with Crippen LogP contribution in [0, 0.1) is 0 Å². The Morgan fingerprint density at radius 3 is 1.03 bits per heavy atom. The third-order valence-corrected chi connectivity index (χ3v) is 10.5. The molecule has 0 bridgehead atoms. The molecule has 0 N–H and O–H groups in total. The van der Waals surface area contributed by atoms with Gasteiger partial charge in [-0.25, -0.2) is 0 Å². The highest BCUT2D eigenvalue weighted by Gasteiger charge is 2.19. The quantitative estimate of drug-likeness (QED) is 0.0262. The van der Waals surface area contributed by atoms with Crippen LogP contribution in [0.2, 0.25) is 0 Å². The molecule has 0 radical (unpaired) electrons. The molecule has 64 heavy (non-hydrogen) atoms. The van der Waals surface area contributed by atoms with Gasteiger partial charge in [0.1, 0.15) is 13.2 Å². The fourth-order valence-corrected chi connectivity index (χ4v) is 6.63. The zero-order valence-corrected chi connectivity index (χ0v) is 41.3. The van der Waals surface area contributed by atoms with Gasteiger partial charge in [-0.05, 0) is 103 Å². The molecular weight excluding hydrogens is 793 g/mol. The Kier molecular flexibility index (Phi) is 48.5. The van der Waals surface area contributed by atoms with E-state index in [0.29, 0.717) is 19.3 Å². The van der Waals surface area contributed by atoms with Crippen molar-refractivity contribution in [1.82, 2.24) is 0 Å². The molecule has 0 aromatic carbocycles. The van der Waals surface area contributed by atoms with E-state index in [1.165, 1.54) is 32.1 Å². The summed E-state index contributed by atoms with van der Waals surface area (Å²) in [4.78, 5) is 37.5. The summed E-state index contributed by atoms with van der Waals surface area (Å²) in [5.41, 5.74) is 0. The Labute approximate surface area is 393 Å². The van der Waals surface area contributed by atoms with E-state index in [0.717, 1.165) is 148 Å². The molecule has 0 saturated carbocycles. The molecule has 0 aliphatic rings. The zero-order chi connectivity index (χ0) is 46.5. The fraction of sp³-hybridized carbons (Fsp3) is 0.638. The summed E-state index contributed by atoms with van der Waals surface area (Å²) in [6, 6.07) is 0. The second-order valence-electron chi connectivity index (χ2n) is 16.7. The number of rotatable bonds is 45. The maximum Gasteiger partial charge on any atom is 0.306 e. The van der Waals surface area contributed by atoms with Gasteiger partial charge >= 0.3 is 17.9 Å². The van der Waals surface area contributed by atoms with Gasteiger partial charge < -0.3 is 14.2 Å². The first-order valence-corrected chi connectivity index (χ1v) is 25.9. The maximum atomic E-state index is 12.6. The van der Waals surface area contributed by atoms with E-state index in [9.17, 15) is 14.4 Å². The van der Waals surface area contributed by atoms with Crippen molar-refractivity contribution in [3.63, 3.8) is 0 Å². The van der Waals surface area contributed by atoms with Crippen molar-refractivity contribution in [3.05, 3.63) is 109 Å². The van der Waals surface area contributed by atoms with Crippen LogP contribution in [0.15, 0.2) is 109 Å². The number of hydrogen-bond donors (Lipinski definition) is 0. The van der Waals surface area contributed by atoms with Gasteiger partial charge in [0.2, 0.25) is 0 Å². The smallest absolute Gasteiger partial charge is 0.306 e. The molecule has 6 nitrogen and oxygen atoms in total. The van der Waals surface area contributed by atoms with E-state index in [1.54, 1.807) is 0 Å². The molecule has 0 aromatic heterocycles. The number of unbranched alkanes of at least 4 members (excludes halogenated alkanes) is 16. The van der Waals surface area contributed by atoms with Crippen molar-refractivity contribution in [2.24, 2.45) is 0 Å². The second-order valence-corrected chi connectivity index (χ2v) is 16.7. The van der Waals surface area contributed by atoms with Crippen LogP contribution in [-0.4, -0.2) is 37.2 Å². The largest absolute Gasteiger partial charge is 0.462 e. The van der Waals surface area contributed by atoms with Crippen LogP contribution in [0.1, 0.15) is 220 Å². The average molecular weight is 887 g/mol. The lowest BCUT2D eigenvalue weighted by Gasteiger charge is -2.18. The zero-order valence-electron chi connectivity index (χ0n) is 41.3. The standard InChI is InChI=1S/C58H94O6/c1-4-7-10-13-15-17-19-20-21-22-23-24-25-26-27-28-29-30-31-32-33-34-35-36-37-38-39-41-42-45-48-51-57(60)63-54-55(53-62-56(59)50-47-44-12-9-6-3)64-58(61)52-49-46-43-40-18-16-14-11-8-5-2/h7,10-11,14-15,17,20-21,23-24,26-27,29-30,32-33,35-36,55H,4-6,8-9,12-13,16,18-19,22,25,28,31,34,37-54H2,1-3H3/b10-7-,14-11-,17-15-,21-20-,24-23-,27-26-,30-29-,33-32-,36-35-. The van der Waals surface area contributed by atoms with Gasteiger partial charge in [0.25, 0.3) is 0 Å². The third-order valence-electron chi connectivity index (χ3n) is 10.5. The number of esters is 3. The van der Waals surface area contributed by atoms with Gasteiger partial charge in [-0.3, -0.25) is 14.4 Å². The van der Waals surface area contributed by atoms with Gasteiger partial charge in [-0.1, -0.05) is 207 Å². The predicted octanol–water partition coefficient (Wildman–Crippen LogP) is 17.1. The van der Waals surface area contributed by atoms with Crippen molar-refractivity contribution < 1.29 is 28.6 Å². The molecule has 0 amide bonds. The van der Waals surface area contributed by atoms with Crippen molar-refractivity contribution >= 4 is 17.9 Å². The number of allylic oxidation sites excluding steroid dienone is 18. The minimum Gasteiger partial charge on any atom is -0.462 e. The topological polar surface area (TPSA) is 78.9 Å². The SMILES string of the molecule is CC/C=C\C/C=C\C/C=C\C/C=C\C/C=C\C/C=C\C/C=C\C/C=C\CCCCCCCCC(=O)OCC(COC(=O)CCCCCCC)OC(=O)CCCCCCC/C=C\CCC. The number of hydrogen-bond acceptors (Lipinski definition) is 6. The minimum absolute atomic E-state index is 0.0880. The summed E-state index contributed by atoms with van der Waals surface area (Å²) in [7, 11) is 0. The highest BCUT2D eigenvalue weighted by atomic mass is 16.6. The second kappa shape index (κ2) is 51.7. The van der Waals surface area contributed by atoms with Crippen molar-refractivity contribution in [1.29, 1.82) is 0 Å². The molecule has 0 aliphatic carbocycles. The summed E-state index contributed by atoms with van der Waals surface area (Å²) in [6.45, 7) is 6.33. The van der Waals surface area contributed by atoms with Crippen LogP contribution in [0.5, 0.6) is 0 Å². The van der Waals surface area contributed by atoms with Gasteiger partial charge in [-0.2, -0.15) is 0 Å². The van der Waals surface area contributed by atoms with Gasteiger partial charge in [0, 0.05) is 19.3 Å². The van der Waals surface area contributed by atoms with Crippen molar-refractivity contribution in [2.45, 2.75) is 226 Å². The molecule has 0 fully saturated rings. The molecule has 1 atom stereocenters. The highest BCUT2D eigenvalue weighted by molar-refractivity contribution is 5.71. The Hall–Kier alpha value is -3.93. The third kappa shape index (κ3) is 49.1. The summed E-state index contributed by atoms with van der Waals surface area (Å²) >= 11 is 0. The number of ether oxygens (including phenoxy) is 3. The van der Waals surface area contributed by atoms with Crippen LogP contribution in [0.4, 0.5) is 0 Å². The van der Waals surface area contributed by atoms with Gasteiger partial charge in [0.15, 0.2) is 6.10 Å². The van der Waals surface area contributed by atoms with E-state index < -0.39 is 6.10 Å². The first-order valence-electron chi connectivity index (χ1n) is 25.9. The monoisotopic (exact) mass is 887 g/mol. The molecule has 362 valence electrons. The Morgan fingerprint density at radius 1 is 0.328 bits per heavy atom. The highest BCUT2D eigenvalue weighted by Crippen LogP contribution is 2.13.